The molecule has 6 heteroatoms. The normalized spacial score (nSPS) is 25.9. The highest BCUT2D eigenvalue weighted by atomic mass is 35.5. The predicted octanol–water partition coefficient (Wildman–Crippen LogP) is 7.21. The smallest absolute Gasteiger partial charge is 0.335 e. The summed E-state index contributed by atoms with van der Waals surface area (Å²) < 4.78 is 5.41. The molecule has 1 N–H and O–H groups in total. The van der Waals surface area contributed by atoms with Gasteiger partial charge >= 0.3 is 5.97 Å². The van der Waals surface area contributed by atoms with Crippen LogP contribution in [0.25, 0.3) is 0 Å². The van der Waals surface area contributed by atoms with Crippen LogP contribution in [-0.2, 0) is 16.1 Å². The minimum Gasteiger partial charge on any atom is -0.467 e. The number of rotatable bonds is 9. The molecule has 0 spiro atoms. The molecular weight excluding hydrogens is 482 g/mol. The van der Waals surface area contributed by atoms with Gasteiger partial charge in [0.1, 0.15) is 0 Å². The average Bonchev–Trinajstić information content (AvgIpc) is 3.23. The topological polar surface area (TPSA) is 53.9 Å². The minimum atomic E-state index is -0.855. The third-order valence-electron chi connectivity index (χ3n) is 8.30. The first-order chi connectivity index (χ1) is 17.6. The zero-order valence-corrected chi connectivity index (χ0v) is 23.7. The third kappa shape index (κ3) is 6.14. The number of methoxy groups -OCH3 is 1. The lowest BCUT2D eigenvalue weighted by Gasteiger charge is -2.46. The second-order valence-electron chi connectivity index (χ2n) is 11.8. The SMILES string of the molecule is COC(=O)C1(CC(C)C)N=CN(Cc2ccccc2)C1C1CCC(C(C)(C)Nc2ccc(Cl)cc2)CC1. The predicted molar refractivity (Wildman–Crippen MR) is 153 cm³/mol. The van der Waals surface area contributed by atoms with Crippen molar-refractivity contribution < 1.29 is 9.53 Å². The number of hydrogen-bond donors (Lipinski definition) is 1. The van der Waals surface area contributed by atoms with Gasteiger partial charge in [0.2, 0.25) is 0 Å². The third-order valence-corrected chi connectivity index (χ3v) is 8.55. The monoisotopic (exact) mass is 523 g/mol. The van der Waals surface area contributed by atoms with E-state index in [1.807, 2.05) is 36.7 Å². The fourth-order valence-corrected chi connectivity index (χ4v) is 6.71. The van der Waals surface area contributed by atoms with Crippen LogP contribution in [0, 0.1) is 17.8 Å². The van der Waals surface area contributed by atoms with Crippen LogP contribution < -0.4 is 5.32 Å². The lowest BCUT2D eigenvalue weighted by molar-refractivity contribution is -0.150. The minimum absolute atomic E-state index is 0.00385. The van der Waals surface area contributed by atoms with E-state index < -0.39 is 5.54 Å². The van der Waals surface area contributed by atoms with E-state index in [9.17, 15) is 4.79 Å². The molecule has 1 aliphatic carbocycles. The molecule has 1 aliphatic heterocycles. The van der Waals surface area contributed by atoms with Crippen LogP contribution in [-0.4, -0.2) is 41.4 Å². The quantitative estimate of drug-likeness (QED) is 0.353. The second-order valence-corrected chi connectivity index (χ2v) is 12.3. The first-order valence-corrected chi connectivity index (χ1v) is 14.0. The van der Waals surface area contributed by atoms with Gasteiger partial charge in [0.25, 0.3) is 0 Å². The van der Waals surface area contributed by atoms with E-state index in [0.717, 1.165) is 42.9 Å². The second kappa shape index (κ2) is 11.5. The van der Waals surface area contributed by atoms with Crippen molar-refractivity contribution in [2.45, 2.75) is 83.5 Å². The Morgan fingerprint density at radius 3 is 2.35 bits per heavy atom. The van der Waals surface area contributed by atoms with Gasteiger partial charge < -0.3 is 15.0 Å². The number of hydrogen-bond acceptors (Lipinski definition) is 5. The van der Waals surface area contributed by atoms with Gasteiger partial charge in [-0.3, -0.25) is 4.99 Å². The Balaban J connectivity index is 1.54. The lowest BCUT2D eigenvalue weighted by atomic mass is 9.67. The number of nitrogens with one attached hydrogen (secondary N) is 1. The van der Waals surface area contributed by atoms with Gasteiger partial charge in [0.05, 0.1) is 19.5 Å². The van der Waals surface area contributed by atoms with Crippen LogP contribution in [0.5, 0.6) is 0 Å². The summed E-state index contributed by atoms with van der Waals surface area (Å²) in [5.41, 5.74) is 1.42. The number of carbonyl (C=O) groups excluding carboxylic acids is 1. The van der Waals surface area contributed by atoms with Gasteiger partial charge in [0.15, 0.2) is 5.54 Å². The summed E-state index contributed by atoms with van der Waals surface area (Å²) in [7, 11) is 1.50. The van der Waals surface area contributed by atoms with Crippen molar-refractivity contribution in [1.29, 1.82) is 0 Å². The summed E-state index contributed by atoms with van der Waals surface area (Å²) in [6.45, 7) is 9.67. The number of halogens is 1. The van der Waals surface area contributed by atoms with E-state index in [0.29, 0.717) is 24.2 Å². The fraction of sp³-hybridized carbons (Fsp3) is 0.548. The molecule has 2 atom stereocenters. The number of aliphatic imine (C=N–C) groups is 1. The molecule has 1 heterocycles. The number of carbonyl (C=O) groups is 1. The van der Waals surface area contributed by atoms with Gasteiger partial charge in [-0.25, -0.2) is 4.79 Å². The van der Waals surface area contributed by atoms with Crippen molar-refractivity contribution in [2.75, 3.05) is 12.4 Å². The summed E-state index contributed by atoms with van der Waals surface area (Å²) in [4.78, 5) is 20.7. The molecule has 0 radical (unpaired) electrons. The molecule has 5 nitrogen and oxygen atoms in total. The van der Waals surface area contributed by atoms with Crippen LogP contribution in [0.4, 0.5) is 5.69 Å². The van der Waals surface area contributed by atoms with Crippen LogP contribution in [0.15, 0.2) is 59.6 Å². The van der Waals surface area contributed by atoms with Crippen molar-refractivity contribution in [1.82, 2.24) is 4.90 Å². The number of esters is 1. The Morgan fingerprint density at radius 2 is 1.76 bits per heavy atom. The van der Waals surface area contributed by atoms with Crippen LogP contribution in [0.2, 0.25) is 5.02 Å². The molecule has 2 aromatic rings. The standard InChI is InChI=1S/C31H42ClN3O2/c1-22(2)19-31(29(36)37-5)28(35(21-33-31)20-23-9-7-6-8-10-23)24-11-13-25(14-12-24)30(3,4)34-27-17-15-26(32)16-18-27/h6-10,15-18,21-22,24-25,28,34H,11-14,19-20H2,1-5H3. The average molecular weight is 524 g/mol. The number of nitrogens with zero attached hydrogens (tertiary/aromatic N) is 2. The van der Waals surface area contributed by atoms with Gasteiger partial charge in [0, 0.05) is 22.8 Å². The van der Waals surface area contributed by atoms with Crippen molar-refractivity contribution in [3.63, 3.8) is 0 Å². The van der Waals surface area contributed by atoms with Crippen molar-refractivity contribution >= 4 is 29.6 Å². The first-order valence-electron chi connectivity index (χ1n) is 13.6. The lowest BCUT2D eigenvalue weighted by Crippen LogP contribution is -2.56. The molecule has 0 amide bonds. The highest BCUT2D eigenvalue weighted by molar-refractivity contribution is 6.30. The van der Waals surface area contributed by atoms with Gasteiger partial charge in [-0.1, -0.05) is 55.8 Å². The molecule has 4 rings (SSSR count). The number of anilines is 1. The van der Waals surface area contributed by atoms with Gasteiger partial charge in [-0.05, 0) is 93.5 Å². The maximum atomic E-state index is 13.4. The first kappa shape index (κ1) is 27.5. The largest absolute Gasteiger partial charge is 0.467 e. The Hall–Kier alpha value is -2.53. The highest BCUT2D eigenvalue weighted by Crippen LogP contribution is 2.46. The Labute approximate surface area is 227 Å². The summed E-state index contributed by atoms with van der Waals surface area (Å²) in [5, 5.41) is 4.49. The molecular formula is C31H42ClN3O2. The summed E-state index contributed by atoms with van der Waals surface area (Å²) in [5.74, 6) is 1.02. The van der Waals surface area contributed by atoms with Crippen molar-refractivity contribution in [3.8, 4) is 0 Å². The molecule has 0 bridgehead atoms. The Morgan fingerprint density at radius 1 is 1.11 bits per heavy atom. The van der Waals surface area contributed by atoms with Crippen molar-refractivity contribution in [2.24, 2.45) is 22.7 Å². The number of ether oxygens (including phenoxy) is 1. The molecule has 2 aromatic carbocycles. The van der Waals surface area contributed by atoms with Crippen LogP contribution >= 0.6 is 11.6 Å². The molecule has 2 unspecified atom stereocenters. The summed E-state index contributed by atoms with van der Waals surface area (Å²) in [6.07, 6.45) is 6.95. The Bertz CT molecular complexity index is 1060. The maximum absolute atomic E-state index is 13.4. The summed E-state index contributed by atoms with van der Waals surface area (Å²) in [6, 6.07) is 18.4. The zero-order valence-electron chi connectivity index (χ0n) is 22.9. The molecule has 1 fully saturated rings. The fourth-order valence-electron chi connectivity index (χ4n) is 6.59. The van der Waals surface area contributed by atoms with Crippen molar-refractivity contribution in [3.05, 3.63) is 65.2 Å². The summed E-state index contributed by atoms with van der Waals surface area (Å²) >= 11 is 6.08. The van der Waals surface area contributed by atoms with Gasteiger partial charge in [-0.2, -0.15) is 0 Å². The molecule has 200 valence electrons. The zero-order chi connectivity index (χ0) is 26.6. The molecule has 1 saturated carbocycles. The molecule has 0 saturated heterocycles. The van der Waals surface area contributed by atoms with Crippen LogP contribution in [0.3, 0.4) is 0 Å². The highest BCUT2D eigenvalue weighted by Gasteiger charge is 2.55. The van der Waals surface area contributed by atoms with E-state index >= 15 is 0 Å². The van der Waals surface area contributed by atoms with Gasteiger partial charge in [-0.15, -0.1) is 0 Å². The van der Waals surface area contributed by atoms with E-state index in [-0.39, 0.29) is 17.6 Å². The Kier molecular flexibility index (Phi) is 8.52. The maximum Gasteiger partial charge on any atom is 0.335 e. The number of benzene rings is 2. The molecule has 37 heavy (non-hydrogen) atoms. The van der Waals surface area contributed by atoms with Crippen LogP contribution in [0.1, 0.15) is 65.4 Å². The van der Waals surface area contributed by atoms with E-state index in [4.69, 9.17) is 21.3 Å². The van der Waals surface area contributed by atoms with E-state index in [1.165, 1.54) is 12.7 Å². The van der Waals surface area contributed by atoms with E-state index in [1.54, 1.807) is 0 Å². The molecule has 2 aliphatic rings. The molecule has 0 aromatic heterocycles. The van der Waals surface area contributed by atoms with E-state index in [2.05, 4.69) is 62.2 Å².